The second kappa shape index (κ2) is 7.91. The predicted octanol–water partition coefficient (Wildman–Crippen LogP) is 0.958. The van der Waals surface area contributed by atoms with Crippen molar-refractivity contribution in [2.45, 2.75) is 45.3 Å². The normalized spacial score (nSPS) is 16.0. The van der Waals surface area contributed by atoms with Crippen LogP contribution in [-0.4, -0.2) is 43.8 Å². The first-order valence-electron chi connectivity index (χ1n) is 4.66. The molecule has 0 bridgehead atoms. The van der Waals surface area contributed by atoms with E-state index < -0.39 is 23.0 Å². The minimum atomic E-state index is -0.742. The molecule has 0 aliphatic carbocycles. The zero-order valence-electron chi connectivity index (χ0n) is 8.78. The Hall–Kier alpha value is -0.320. The van der Waals surface area contributed by atoms with Gasteiger partial charge in [0.1, 0.15) is 12.2 Å². The van der Waals surface area contributed by atoms with Crippen molar-refractivity contribution in [3.63, 3.8) is 0 Å². The van der Waals surface area contributed by atoms with Gasteiger partial charge in [-0.2, -0.15) is 0 Å². The van der Waals surface area contributed by atoms with Crippen molar-refractivity contribution >= 4 is 0 Å². The van der Waals surface area contributed by atoms with Crippen LogP contribution in [0.4, 0.5) is 0 Å². The Labute approximate surface area is 87.6 Å². The minimum Gasteiger partial charge on any atom is -0.266 e. The van der Waals surface area contributed by atoms with Crippen molar-refractivity contribution in [3.05, 3.63) is 0 Å². The third-order valence-corrected chi connectivity index (χ3v) is 1.86. The molecule has 92 valence electrons. The lowest BCUT2D eigenvalue weighted by Crippen LogP contribution is -2.37. The first-order chi connectivity index (χ1) is 6.97. The standard InChI is InChI=1S/C7H18N2O6/c1-3-4-5-7(15-9(12)13)6(2)14-8(10)11/h6-7,10-13H,3-5H2,1-2H3/t6-,7+/m1/s1. The fourth-order valence-corrected chi connectivity index (χ4v) is 1.12. The van der Waals surface area contributed by atoms with Gasteiger partial charge in [0.25, 0.3) is 0 Å². The summed E-state index contributed by atoms with van der Waals surface area (Å²) in [6.45, 7) is 3.46. The Morgan fingerprint density at radius 1 is 1.07 bits per heavy atom. The van der Waals surface area contributed by atoms with E-state index in [1.807, 2.05) is 6.92 Å². The summed E-state index contributed by atoms with van der Waals surface area (Å²) in [5.41, 5.74) is 0. The topological polar surface area (TPSA) is 106 Å². The van der Waals surface area contributed by atoms with Gasteiger partial charge in [-0.3, -0.25) is 20.8 Å². The number of rotatable bonds is 8. The van der Waals surface area contributed by atoms with Crippen LogP contribution >= 0.6 is 0 Å². The van der Waals surface area contributed by atoms with Crippen molar-refractivity contribution in [3.8, 4) is 0 Å². The molecule has 0 aliphatic heterocycles. The SMILES string of the molecule is CCCC[C@H](ON(O)O)[C@@H](C)ON(O)O. The highest BCUT2D eigenvalue weighted by atomic mass is 17.1. The van der Waals surface area contributed by atoms with E-state index in [1.54, 1.807) is 0 Å². The van der Waals surface area contributed by atoms with Crippen LogP contribution in [0.5, 0.6) is 0 Å². The monoisotopic (exact) mass is 226 g/mol. The number of hydrogen-bond acceptors (Lipinski definition) is 8. The second-order valence-electron chi connectivity index (χ2n) is 3.10. The van der Waals surface area contributed by atoms with E-state index in [1.165, 1.54) is 6.92 Å². The van der Waals surface area contributed by atoms with Crippen LogP contribution < -0.4 is 0 Å². The van der Waals surface area contributed by atoms with Gasteiger partial charge in [0.15, 0.2) is 0 Å². The van der Waals surface area contributed by atoms with E-state index in [9.17, 15) is 0 Å². The number of unbranched alkanes of at least 4 members (excludes halogenated alkanes) is 1. The van der Waals surface area contributed by atoms with Crippen LogP contribution in [0.2, 0.25) is 0 Å². The summed E-state index contributed by atoms with van der Waals surface area (Å²) in [7, 11) is 0. The van der Waals surface area contributed by atoms with E-state index in [4.69, 9.17) is 20.8 Å². The molecule has 2 atom stereocenters. The molecule has 0 fully saturated rings. The Balaban J connectivity index is 4.07. The maximum absolute atomic E-state index is 8.48. The Bertz CT molecular complexity index is 156. The molecule has 0 radical (unpaired) electrons. The largest absolute Gasteiger partial charge is 0.266 e. The minimum absolute atomic E-state index is 0.417. The van der Waals surface area contributed by atoms with Crippen molar-refractivity contribution < 1.29 is 30.5 Å². The van der Waals surface area contributed by atoms with E-state index >= 15 is 0 Å². The van der Waals surface area contributed by atoms with Gasteiger partial charge in [-0.05, 0) is 13.3 Å². The lowest BCUT2D eigenvalue weighted by atomic mass is 10.1. The summed E-state index contributed by atoms with van der Waals surface area (Å²) < 4.78 is 0. The van der Waals surface area contributed by atoms with Gasteiger partial charge in [0.2, 0.25) is 0 Å². The molecule has 0 rings (SSSR count). The van der Waals surface area contributed by atoms with E-state index in [-0.39, 0.29) is 0 Å². The van der Waals surface area contributed by atoms with Gasteiger partial charge >= 0.3 is 0 Å². The van der Waals surface area contributed by atoms with Gasteiger partial charge in [0.05, 0.1) is 10.8 Å². The molecular weight excluding hydrogens is 208 g/mol. The molecule has 0 aliphatic rings. The van der Waals surface area contributed by atoms with Crippen molar-refractivity contribution in [2.75, 3.05) is 0 Å². The molecule has 4 N–H and O–H groups in total. The molecule has 0 saturated carbocycles. The lowest BCUT2D eigenvalue weighted by molar-refractivity contribution is -0.537. The van der Waals surface area contributed by atoms with Gasteiger partial charge in [-0.25, -0.2) is 9.68 Å². The first-order valence-corrected chi connectivity index (χ1v) is 4.66. The molecule has 15 heavy (non-hydrogen) atoms. The van der Waals surface area contributed by atoms with Crippen LogP contribution in [0.3, 0.4) is 0 Å². The summed E-state index contributed by atoms with van der Waals surface area (Å²) in [6, 6.07) is 0. The number of hydrogen-bond donors (Lipinski definition) is 4. The molecule has 0 unspecified atom stereocenters. The second-order valence-corrected chi connectivity index (χ2v) is 3.10. The average Bonchev–Trinajstić information content (AvgIpc) is 2.10. The van der Waals surface area contributed by atoms with Gasteiger partial charge in [-0.1, -0.05) is 19.8 Å². The Kier molecular flexibility index (Phi) is 7.74. The summed E-state index contributed by atoms with van der Waals surface area (Å²) in [6.07, 6.45) is 0.729. The van der Waals surface area contributed by atoms with Crippen LogP contribution in [0.15, 0.2) is 0 Å². The molecule has 0 aromatic heterocycles. The van der Waals surface area contributed by atoms with Crippen molar-refractivity contribution in [1.29, 1.82) is 0 Å². The summed E-state index contributed by atoms with van der Waals surface area (Å²) >= 11 is 0. The summed E-state index contributed by atoms with van der Waals surface area (Å²) in [5, 5.41) is 32.9. The summed E-state index contributed by atoms with van der Waals surface area (Å²) in [4.78, 5) is 9.07. The summed E-state index contributed by atoms with van der Waals surface area (Å²) in [5.74, 6) is 0. The van der Waals surface area contributed by atoms with Crippen LogP contribution in [-0.2, 0) is 9.68 Å². The maximum Gasteiger partial charge on any atom is 0.112 e. The number of nitrogens with zero attached hydrogens (tertiary/aromatic N) is 2. The van der Waals surface area contributed by atoms with Gasteiger partial charge in [0, 0.05) is 0 Å². The van der Waals surface area contributed by atoms with Crippen molar-refractivity contribution in [2.24, 2.45) is 0 Å². The quantitative estimate of drug-likeness (QED) is 0.453. The average molecular weight is 226 g/mol. The van der Waals surface area contributed by atoms with E-state index in [0.717, 1.165) is 12.8 Å². The predicted molar refractivity (Wildman–Crippen MR) is 45.8 cm³/mol. The van der Waals surface area contributed by atoms with E-state index in [2.05, 4.69) is 9.68 Å². The maximum atomic E-state index is 8.48. The highest BCUT2D eigenvalue weighted by Gasteiger charge is 2.23. The smallest absolute Gasteiger partial charge is 0.112 e. The highest BCUT2D eigenvalue weighted by molar-refractivity contribution is 4.64. The fraction of sp³-hybridized carbons (Fsp3) is 1.00. The molecule has 0 spiro atoms. The zero-order chi connectivity index (χ0) is 11.8. The molecular formula is C7H18N2O6. The molecule has 0 aromatic rings. The molecule has 0 saturated heterocycles. The van der Waals surface area contributed by atoms with Crippen LogP contribution in [0, 0.1) is 0 Å². The molecule has 8 nitrogen and oxygen atoms in total. The third-order valence-electron chi connectivity index (χ3n) is 1.86. The molecule has 0 amide bonds. The van der Waals surface area contributed by atoms with Gasteiger partial charge in [-0.15, -0.1) is 0 Å². The molecule has 0 aromatic carbocycles. The van der Waals surface area contributed by atoms with Crippen LogP contribution in [0.1, 0.15) is 33.1 Å². The van der Waals surface area contributed by atoms with Crippen molar-refractivity contribution in [1.82, 2.24) is 10.8 Å². The van der Waals surface area contributed by atoms with Gasteiger partial charge < -0.3 is 0 Å². The first kappa shape index (κ1) is 14.7. The third kappa shape index (κ3) is 7.59. The lowest BCUT2D eigenvalue weighted by Gasteiger charge is -2.24. The zero-order valence-corrected chi connectivity index (χ0v) is 8.78. The highest BCUT2D eigenvalue weighted by Crippen LogP contribution is 2.13. The Morgan fingerprint density at radius 3 is 2.00 bits per heavy atom. The molecule has 8 heteroatoms. The fourth-order valence-electron chi connectivity index (χ4n) is 1.12. The van der Waals surface area contributed by atoms with E-state index in [0.29, 0.717) is 6.42 Å². The Morgan fingerprint density at radius 2 is 1.60 bits per heavy atom. The molecule has 0 heterocycles. The van der Waals surface area contributed by atoms with Crippen LogP contribution in [0.25, 0.3) is 0 Å².